The Kier molecular flexibility index (Phi) is 2.02. The zero-order chi connectivity index (χ0) is 10.2. The molecule has 1 aliphatic rings. The van der Waals surface area contributed by atoms with E-state index < -0.39 is 5.97 Å². The second-order valence-electron chi connectivity index (χ2n) is 4.10. The van der Waals surface area contributed by atoms with Crippen molar-refractivity contribution in [3.8, 4) is 0 Å². The Morgan fingerprint density at radius 2 is 2.29 bits per heavy atom. The lowest BCUT2D eigenvalue weighted by Crippen LogP contribution is -2.13. The zero-order valence-electron chi connectivity index (χ0n) is 8.16. The largest absolute Gasteiger partial charge is 0.481 e. The number of pyridine rings is 1. The van der Waals surface area contributed by atoms with Gasteiger partial charge in [-0.25, -0.2) is 0 Å². The van der Waals surface area contributed by atoms with Gasteiger partial charge in [-0.15, -0.1) is 0 Å². The molecular weight excluding hydrogens is 178 g/mol. The molecule has 0 aromatic carbocycles. The minimum Gasteiger partial charge on any atom is -0.481 e. The number of aliphatic carboxylic acids is 1. The summed E-state index contributed by atoms with van der Waals surface area (Å²) in [5.74, 6) is -0.719. The van der Waals surface area contributed by atoms with Gasteiger partial charge in [0.15, 0.2) is 0 Å². The highest BCUT2D eigenvalue weighted by atomic mass is 16.4. The monoisotopic (exact) mass is 191 g/mol. The number of nitrogens with zero attached hydrogens (tertiary/aromatic N) is 1. The summed E-state index contributed by atoms with van der Waals surface area (Å²) in [6.07, 6.45) is 5.77. The Morgan fingerprint density at radius 1 is 1.57 bits per heavy atom. The van der Waals surface area contributed by atoms with Gasteiger partial charge in [-0.1, -0.05) is 6.07 Å². The molecule has 0 bridgehead atoms. The third kappa shape index (κ3) is 1.62. The van der Waals surface area contributed by atoms with Gasteiger partial charge in [-0.3, -0.25) is 9.78 Å². The molecule has 1 fully saturated rings. The zero-order valence-corrected chi connectivity index (χ0v) is 8.16. The van der Waals surface area contributed by atoms with E-state index in [0.29, 0.717) is 0 Å². The fourth-order valence-corrected chi connectivity index (χ4v) is 1.85. The molecule has 1 aromatic rings. The Hall–Kier alpha value is -1.38. The van der Waals surface area contributed by atoms with Gasteiger partial charge < -0.3 is 5.11 Å². The van der Waals surface area contributed by atoms with E-state index in [0.717, 1.165) is 24.0 Å². The molecule has 14 heavy (non-hydrogen) atoms. The topological polar surface area (TPSA) is 50.2 Å². The number of carboxylic acid groups (broad SMARTS) is 1. The fourth-order valence-electron chi connectivity index (χ4n) is 1.85. The first kappa shape index (κ1) is 9.19. The Balaban J connectivity index is 2.26. The Labute approximate surface area is 82.8 Å². The highest BCUT2D eigenvalue weighted by molar-refractivity contribution is 5.70. The lowest BCUT2D eigenvalue weighted by atomic mass is 9.93. The van der Waals surface area contributed by atoms with Crippen molar-refractivity contribution in [2.75, 3.05) is 0 Å². The van der Waals surface area contributed by atoms with Crippen molar-refractivity contribution in [1.29, 1.82) is 0 Å². The SMILES string of the molecule is Cc1cncc(C2(CC(=O)O)CC2)c1. The van der Waals surface area contributed by atoms with Crippen LogP contribution in [0.2, 0.25) is 0 Å². The molecule has 0 unspecified atom stereocenters. The predicted octanol–water partition coefficient (Wildman–Crippen LogP) is 1.90. The van der Waals surface area contributed by atoms with Gasteiger partial charge in [0.25, 0.3) is 0 Å². The summed E-state index contributed by atoms with van der Waals surface area (Å²) >= 11 is 0. The number of aromatic nitrogens is 1. The minimum atomic E-state index is -0.719. The minimum absolute atomic E-state index is 0.106. The third-order valence-corrected chi connectivity index (χ3v) is 2.83. The van der Waals surface area contributed by atoms with Crippen LogP contribution in [0.4, 0.5) is 0 Å². The standard InChI is InChI=1S/C11H13NO2/c1-8-4-9(7-12-6-8)11(2-3-11)5-10(13)14/h4,6-7H,2-3,5H2,1H3,(H,13,14). The van der Waals surface area contributed by atoms with Crippen LogP contribution < -0.4 is 0 Å². The summed E-state index contributed by atoms with van der Waals surface area (Å²) in [5, 5.41) is 8.80. The Bertz CT molecular complexity index is 369. The van der Waals surface area contributed by atoms with Crippen LogP contribution in [-0.4, -0.2) is 16.1 Å². The van der Waals surface area contributed by atoms with Crippen LogP contribution in [-0.2, 0) is 10.2 Å². The van der Waals surface area contributed by atoms with Crippen LogP contribution in [0.25, 0.3) is 0 Å². The second-order valence-corrected chi connectivity index (χ2v) is 4.10. The van der Waals surface area contributed by atoms with E-state index in [1.807, 2.05) is 13.0 Å². The lowest BCUT2D eigenvalue weighted by molar-refractivity contribution is -0.137. The maximum absolute atomic E-state index is 10.7. The van der Waals surface area contributed by atoms with E-state index >= 15 is 0 Å². The van der Waals surface area contributed by atoms with Crippen molar-refractivity contribution < 1.29 is 9.90 Å². The summed E-state index contributed by atoms with van der Waals surface area (Å²) in [6.45, 7) is 1.98. The summed E-state index contributed by atoms with van der Waals surface area (Å²) < 4.78 is 0. The molecule has 2 rings (SSSR count). The first-order valence-corrected chi connectivity index (χ1v) is 4.76. The molecule has 3 heteroatoms. The summed E-state index contributed by atoms with van der Waals surface area (Å²) in [7, 11) is 0. The van der Waals surface area contributed by atoms with E-state index in [9.17, 15) is 4.79 Å². The van der Waals surface area contributed by atoms with E-state index in [-0.39, 0.29) is 11.8 Å². The van der Waals surface area contributed by atoms with E-state index in [2.05, 4.69) is 4.98 Å². The summed E-state index contributed by atoms with van der Waals surface area (Å²) in [4.78, 5) is 14.8. The molecule has 0 radical (unpaired) electrons. The van der Waals surface area contributed by atoms with Gasteiger partial charge in [0, 0.05) is 17.8 Å². The number of carboxylic acids is 1. The molecule has 1 heterocycles. The molecule has 0 saturated heterocycles. The van der Waals surface area contributed by atoms with Gasteiger partial charge in [-0.05, 0) is 30.9 Å². The first-order chi connectivity index (χ1) is 6.62. The maximum atomic E-state index is 10.7. The van der Waals surface area contributed by atoms with Crippen molar-refractivity contribution in [2.24, 2.45) is 0 Å². The van der Waals surface area contributed by atoms with Crippen LogP contribution in [0, 0.1) is 6.92 Å². The van der Waals surface area contributed by atoms with Crippen LogP contribution in [0.1, 0.15) is 30.4 Å². The molecule has 1 aromatic heterocycles. The molecule has 74 valence electrons. The van der Waals surface area contributed by atoms with Crippen molar-refractivity contribution >= 4 is 5.97 Å². The molecule has 0 spiro atoms. The molecular formula is C11H13NO2. The quantitative estimate of drug-likeness (QED) is 0.793. The average Bonchev–Trinajstić information content (AvgIpc) is 2.84. The van der Waals surface area contributed by atoms with Crippen LogP contribution in [0.5, 0.6) is 0 Å². The summed E-state index contributed by atoms with van der Waals surface area (Å²) in [5.41, 5.74) is 2.07. The normalized spacial score (nSPS) is 17.8. The van der Waals surface area contributed by atoms with E-state index in [1.54, 1.807) is 12.4 Å². The fraction of sp³-hybridized carbons (Fsp3) is 0.455. The van der Waals surface area contributed by atoms with Crippen LogP contribution in [0.3, 0.4) is 0 Å². The molecule has 0 aliphatic heterocycles. The van der Waals surface area contributed by atoms with E-state index in [1.165, 1.54) is 0 Å². The summed E-state index contributed by atoms with van der Waals surface area (Å²) in [6, 6.07) is 2.04. The molecule has 0 atom stereocenters. The molecule has 1 saturated carbocycles. The Morgan fingerprint density at radius 3 is 2.79 bits per heavy atom. The first-order valence-electron chi connectivity index (χ1n) is 4.76. The maximum Gasteiger partial charge on any atom is 0.304 e. The molecule has 0 amide bonds. The van der Waals surface area contributed by atoms with Crippen molar-refractivity contribution in [3.63, 3.8) is 0 Å². The van der Waals surface area contributed by atoms with Crippen molar-refractivity contribution in [2.45, 2.75) is 31.6 Å². The van der Waals surface area contributed by atoms with Gasteiger partial charge >= 0.3 is 5.97 Å². The third-order valence-electron chi connectivity index (χ3n) is 2.83. The number of carbonyl (C=O) groups is 1. The number of rotatable bonds is 3. The highest BCUT2D eigenvalue weighted by Gasteiger charge is 2.46. The molecule has 3 nitrogen and oxygen atoms in total. The predicted molar refractivity (Wildman–Crippen MR) is 52.1 cm³/mol. The molecule has 1 N–H and O–H groups in total. The number of hydrogen-bond acceptors (Lipinski definition) is 2. The van der Waals surface area contributed by atoms with Crippen LogP contribution in [0.15, 0.2) is 18.5 Å². The van der Waals surface area contributed by atoms with Crippen LogP contribution >= 0.6 is 0 Å². The average molecular weight is 191 g/mol. The molecule has 1 aliphatic carbocycles. The van der Waals surface area contributed by atoms with Crippen molar-refractivity contribution in [3.05, 3.63) is 29.6 Å². The van der Waals surface area contributed by atoms with Gasteiger partial charge in [0.05, 0.1) is 6.42 Å². The smallest absolute Gasteiger partial charge is 0.304 e. The highest BCUT2D eigenvalue weighted by Crippen LogP contribution is 2.50. The van der Waals surface area contributed by atoms with Crippen molar-refractivity contribution in [1.82, 2.24) is 4.98 Å². The van der Waals surface area contributed by atoms with Gasteiger partial charge in [-0.2, -0.15) is 0 Å². The van der Waals surface area contributed by atoms with Gasteiger partial charge in [0.1, 0.15) is 0 Å². The second kappa shape index (κ2) is 3.08. The number of hydrogen-bond donors (Lipinski definition) is 1. The number of aryl methyl sites for hydroxylation is 1. The van der Waals surface area contributed by atoms with Gasteiger partial charge in [0.2, 0.25) is 0 Å². The lowest BCUT2D eigenvalue weighted by Gasteiger charge is -2.12. The van der Waals surface area contributed by atoms with E-state index in [4.69, 9.17) is 5.11 Å².